The number of hydrogen-bond donors (Lipinski definition) is 3. The minimum Gasteiger partial charge on any atom is -0.392 e. The first kappa shape index (κ1) is 18.9. The van der Waals surface area contributed by atoms with Gasteiger partial charge in [0.15, 0.2) is 0 Å². The van der Waals surface area contributed by atoms with E-state index in [4.69, 9.17) is 0 Å². The average molecular weight is 399 g/mol. The molecule has 0 amide bonds. The second kappa shape index (κ2) is 7.92. The molecule has 8 nitrogen and oxygen atoms in total. The van der Waals surface area contributed by atoms with Crippen LogP contribution in [0.1, 0.15) is 6.92 Å². The number of nitrogens with one attached hydrogen (secondary N) is 2. The second-order valence-corrected chi connectivity index (χ2v) is 6.64. The van der Waals surface area contributed by atoms with Crippen molar-refractivity contribution in [3.8, 4) is 22.5 Å². The zero-order valence-corrected chi connectivity index (χ0v) is 15.5. The third kappa shape index (κ3) is 4.21. The standard InChI is InChI=1S/C19H19F2N7O/c1-11(29)7-25-19-23-5-3-15(26-19)14-9-28(10-16(20)21)27-17(14)13-6-12-2-4-22-18(12)24-8-13/h2-6,8-9,11,16,29H,7,10H2,1H3,(H,22,24)(H,23,25,26). The van der Waals surface area contributed by atoms with E-state index in [9.17, 15) is 13.9 Å². The summed E-state index contributed by atoms with van der Waals surface area (Å²) in [6.45, 7) is 1.41. The van der Waals surface area contributed by atoms with Crippen molar-refractivity contribution in [1.29, 1.82) is 0 Å². The largest absolute Gasteiger partial charge is 0.392 e. The summed E-state index contributed by atoms with van der Waals surface area (Å²) in [6.07, 6.45) is 3.44. The van der Waals surface area contributed by atoms with Gasteiger partial charge in [-0.2, -0.15) is 5.10 Å². The van der Waals surface area contributed by atoms with Gasteiger partial charge in [-0.15, -0.1) is 0 Å². The van der Waals surface area contributed by atoms with Crippen molar-refractivity contribution in [3.05, 3.63) is 43.0 Å². The lowest BCUT2D eigenvalue weighted by Gasteiger charge is -2.08. The minimum atomic E-state index is -2.53. The van der Waals surface area contributed by atoms with Crippen LogP contribution in [0.15, 0.2) is 43.0 Å². The van der Waals surface area contributed by atoms with Crippen molar-refractivity contribution in [2.45, 2.75) is 26.0 Å². The smallest absolute Gasteiger partial charge is 0.257 e. The van der Waals surface area contributed by atoms with Crippen LogP contribution in [0.5, 0.6) is 0 Å². The molecule has 0 aliphatic carbocycles. The predicted octanol–water partition coefficient (Wildman–Crippen LogP) is 2.94. The molecule has 4 heterocycles. The minimum absolute atomic E-state index is 0.287. The maximum Gasteiger partial charge on any atom is 0.257 e. The Kier molecular flexibility index (Phi) is 5.17. The average Bonchev–Trinajstić information content (AvgIpc) is 3.32. The van der Waals surface area contributed by atoms with Crippen molar-refractivity contribution in [1.82, 2.24) is 29.7 Å². The molecule has 0 aliphatic rings. The Labute approximate surface area is 164 Å². The molecule has 4 rings (SSSR count). The van der Waals surface area contributed by atoms with Gasteiger partial charge in [0.2, 0.25) is 5.95 Å². The molecule has 0 spiro atoms. The van der Waals surface area contributed by atoms with E-state index in [2.05, 4.69) is 30.4 Å². The van der Waals surface area contributed by atoms with E-state index in [1.807, 2.05) is 12.1 Å². The number of aliphatic hydroxyl groups excluding tert-OH is 1. The molecule has 0 saturated heterocycles. The quantitative estimate of drug-likeness (QED) is 0.441. The fraction of sp³-hybridized carbons (Fsp3) is 0.263. The highest BCUT2D eigenvalue weighted by Gasteiger charge is 2.18. The number of nitrogens with zero attached hydrogens (tertiary/aromatic N) is 5. The van der Waals surface area contributed by atoms with Gasteiger partial charge >= 0.3 is 0 Å². The van der Waals surface area contributed by atoms with Gasteiger partial charge < -0.3 is 15.4 Å². The van der Waals surface area contributed by atoms with Crippen molar-refractivity contribution in [2.24, 2.45) is 0 Å². The molecule has 0 aromatic carbocycles. The maximum atomic E-state index is 12.9. The van der Waals surface area contributed by atoms with E-state index in [1.165, 1.54) is 4.68 Å². The highest BCUT2D eigenvalue weighted by Crippen LogP contribution is 2.31. The molecule has 4 aromatic heterocycles. The molecule has 0 saturated carbocycles. The van der Waals surface area contributed by atoms with Crippen LogP contribution >= 0.6 is 0 Å². The summed E-state index contributed by atoms with van der Waals surface area (Å²) in [7, 11) is 0. The van der Waals surface area contributed by atoms with Gasteiger partial charge in [0.05, 0.1) is 11.8 Å². The summed E-state index contributed by atoms with van der Waals surface area (Å²) in [5.41, 5.74) is 3.04. The van der Waals surface area contributed by atoms with Crippen LogP contribution < -0.4 is 5.32 Å². The number of anilines is 1. The Balaban J connectivity index is 1.77. The SMILES string of the molecule is CC(O)CNc1nccc(-c2cn(CC(F)F)nc2-c2cnc3[nH]ccc3c2)n1. The molecule has 0 bridgehead atoms. The lowest BCUT2D eigenvalue weighted by molar-refractivity contribution is 0.122. The van der Waals surface area contributed by atoms with Crippen LogP contribution in [0.2, 0.25) is 0 Å². The van der Waals surface area contributed by atoms with Crippen molar-refractivity contribution < 1.29 is 13.9 Å². The zero-order chi connectivity index (χ0) is 20.4. The summed E-state index contributed by atoms with van der Waals surface area (Å²) in [5, 5.41) is 17.6. The molecular weight excluding hydrogens is 380 g/mol. The normalized spacial score (nSPS) is 12.6. The molecule has 1 atom stereocenters. The molecule has 0 fully saturated rings. The van der Waals surface area contributed by atoms with Gasteiger partial charge in [0.1, 0.15) is 17.9 Å². The Morgan fingerprint density at radius 3 is 2.93 bits per heavy atom. The summed E-state index contributed by atoms with van der Waals surface area (Å²) in [5.74, 6) is 0.329. The molecule has 0 aliphatic heterocycles. The molecule has 1 unspecified atom stereocenters. The van der Waals surface area contributed by atoms with E-state index in [1.54, 1.807) is 37.8 Å². The van der Waals surface area contributed by atoms with E-state index in [0.717, 1.165) is 11.0 Å². The number of pyridine rings is 1. The molecule has 0 radical (unpaired) electrons. The highest BCUT2D eigenvalue weighted by molar-refractivity contribution is 5.85. The van der Waals surface area contributed by atoms with Gasteiger partial charge in [0.25, 0.3) is 6.43 Å². The van der Waals surface area contributed by atoms with E-state index < -0.39 is 19.1 Å². The lowest BCUT2D eigenvalue weighted by Crippen LogP contribution is -2.16. The van der Waals surface area contributed by atoms with Crippen LogP contribution in [-0.4, -0.2) is 53.9 Å². The van der Waals surface area contributed by atoms with Gasteiger partial charge in [-0.1, -0.05) is 0 Å². The van der Waals surface area contributed by atoms with Crippen LogP contribution in [0.25, 0.3) is 33.5 Å². The van der Waals surface area contributed by atoms with Crippen LogP contribution in [0.3, 0.4) is 0 Å². The van der Waals surface area contributed by atoms with Crippen molar-refractivity contribution >= 4 is 17.0 Å². The molecular formula is C19H19F2N7O. The Hall–Kier alpha value is -3.40. The first-order valence-corrected chi connectivity index (χ1v) is 9.04. The molecule has 3 N–H and O–H groups in total. The van der Waals surface area contributed by atoms with Gasteiger partial charge in [0, 0.05) is 47.8 Å². The number of H-pyrrole nitrogens is 1. The number of hydrogen-bond acceptors (Lipinski definition) is 6. The topological polar surface area (TPSA) is 105 Å². The Morgan fingerprint density at radius 1 is 1.28 bits per heavy atom. The third-order valence-electron chi connectivity index (χ3n) is 4.25. The zero-order valence-electron chi connectivity index (χ0n) is 15.5. The highest BCUT2D eigenvalue weighted by atomic mass is 19.3. The number of rotatable bonds is 7. The fourth-order valence-electron chi connectivity index (χ4n) is 2.96. The summed E-state index contributed by atoms with van der Waals surface area (Å²) >= 11 is 0. The lowest BCUT2D eigenvalue weighted by atomic mass is 10.1. The maximum absolute atomic E-state index is 12.9. The van der Waals surface area contributed by atoms with Crippen LogP contribution in [0.4, 0.5) is 14.7 Å². The summed E-state index contributed by atoms with van der Waals surface area (Å²) < 4.78 is 27.1. The number of alkyl halides is 2. The summed E-state index contributed by atoms with van der Waals surface area (Å²) in [4.78, 5) is 16.0. The molecule has 4 aromatic rings. The van der Waals surface area contributed by atoms with Gasteiger partial charge in [-0.05, 0) is 25.1 Å². The van der Waals surface area contributed by atoms with Gasteiger partial charge in [-0.25, -0.2) is 23.7 Å². The number of aliphatic hydroxyl groups is 1. The van der Waals surface area contributed by atoms with Crippen molar-refractivity contribution in [3.63, 3.8) is 0 Å². The van der Waals surface area contributed by atoms with Crippen molar-refractivity contribution in [2.75, 3.05) is 11.9 Å². The third-order valence-corrected chi connectivity index (χ3v) is 4.25. The van der Waals surface area contributed by atoms with E-state index in [0.29, 0.717) is 28.5 Å². The Bertz CT molecular complexity index is 1120. The number of aromatic amines is 1. The first-order chi connectivity index (χ1) is 14.0. The first-order valence-electron chi connectivity index (χ1n) is 9.04. The number of aromatic nitrogens is 6. The Morgan fingerprint density at radius 2 is 2.14 bits per heavy atom. The molecule has 10 heteroatoms. The second-order valence-electron chi connectivity index (χ2n) is 6.64. The number of halogens is 2. The summed E-state index contributed by atoms with van der Waals surface area (Å²) in [6, 6.07) is 5.46. The number of fused-ring (bicyclic) bond motifs is 1. The van der Waals surface area contributed by atoms with Gasteiger partial charge in [-0.3, -0.25) is 4.68 Å². The predicted molar refractivity (Wildman–Crippen MR) is 105 cm³/mol. The van der Waals surface area contributed by atoms with E-state index >= 15 is 0 Å². The van der Waals surface area contributed by atoms with E-state index in [-0.39, 0.29) is 6.54 Å². The molecule has 29 heavy (non-hydrogen) atoms. The fourth-order valence-corrected chi connectivity index (χ4v) is 2.96. The van der Waals surface area contributed by atoms with Crippen LogP contribution in [-0.2, 0) is 6.54 Å². The van der Waals surface area contributed by atoms with Crippen LogP contribution in [0, 0.1) is 0 Å². The molecule has 150 valence electrons. The monoisotopic (exact) mass is 399 g/mol.